The molecule has 2 rings (SSSR count). The maximum atomic E-state index is 2.42. The van der Waals surface area contributed by atoms with Gasteiger partial charge in [0.15, 0.2) is 0 Å². The number of hydrogen-bond acceptors (Lipinski definition) is 1. The zero-order valence-electron chi connectivity index (χ0n) is 10.5. The molecule has 0 radical (unpaired) electrons. The molecular formula is C14H21N. The van der Waals surface area contributed by atoms with Crippen LogP contribution < -0.4 is 0 Å². The van der Waals surface area contributed by atoms with Crippen LogP contribution in [0.3, 0.4) is 0 Å². The zero-order valence-corrected chi connectivity index (χ0v) is 10.5. The van der Waals surface area contributed by atoms with E-state index in [0.717, 1.165) is 6.54 Å². The summed E-state index contributed by atoms with van der Waals surface area (Å²) in [4.78, 5) is 2.42. The molecule has 1 aliphatic heterocycles. The molecular weight excluding hydrogens is 182 g/mol. The molecule has 0 unspecified atom stereocenters. The lowest BCUT2D eigenvalue weighted by molar-refractivity contribution is 0.178. The quantitative estimate of drug-likeness (QED) is 0.675. The maximum absolute atomic E-state index is 2.42. The molecule has 1 aromatic carbocycles. The predicted molar refractivity (Wildman–Crippen MR) is 65.0 cm³/mol. The lowest BCUT2D eigenvalue weighted by Gasteiger charge is -2.29. The Bertz CT molecular complexity index is 377. The van der Waals surface area contributed by atoms with E-state index in [2.05, 4.69) is 57.8 Å². The van der Waals surface area contributed by atoms with Crippen molar-refractivity contribution in [3.63, 3.8) is 0 Å². The Morgan fingerprint density at radius 1 is 1.27 bits per heavy atom. The summed E-state index contributed by atoms with van der Waals surface area (Å²) in [6.07, 6.45) is 0. The van der Waals surface area contributed by atoms with E-state index in [1.54, 1.807) is 0 Å². The molecule has 82 valence electrons. The summed E-state index contributed by atoms with van der Waals surface area (Å²) in [5.41, 5.74) is 4.65. The first-order valence-electron chi connectivity index (χ1n) is 5.77. The van der Waals surface area contributed by atoms with Crippen LogP contribution in [0, 0.1) is 0 Å². The molecule has 0 aromatic heterocycles. The van der Waals surface area contributed by atoms with Gasteiger partial charge in [0.05, 0.1) is 0 Å². The lowest BCUT2D eigenvalue weighted by Crippen LogP contribution is -2.31. The molecule has 1 aromatic rings. The van der Waals surface area contributed by atoms with Gasteiger partial charge in [-0.3, -0.25) is 4.90 Å². The molecule has 0 amide bonds. The predicted octanol–water partition coefficient (Wildman–Crippen LogP) is 3.49. The van der Waals surface area contributed by atoms with Crippen LogP contribution in [-0.2, 0) is 12.1 Å². The third-order valence-corrected chi connectivity index (χ3v) is 3.82. The van der Waals surface area contributed by atoms with Gasteiger partial charge in [-0.2, -0.15) is 0 Å². The molecule has 0 N–H and O–H groups in total. The fourth-order valence-corrected chi connectivity index (χ4v) is 2.32. The zero-order chi connectivity index (χ0) is 11.2. The van der Waals surface area contributed by atoms with E-state index in [1.165, 1.54) is 16.7 Å². The summed E-state index contributed by atoms with van der Waals surface area (Å²) >= 11 is 0. The van der Waals surface area contributed by atoms with Crippen molar-refractivity contribution in [1.82, 2.24) is 4.90 Å². The van der Waals surface area contributed by atoms with Crippen molar-refractivity contribution in [2.75, 3.05) is 7.05 Å². The first kappa shape index (κ1) is 10.7. The number of fused-ring (bicyclic) bond motifs is 1. The highest BCUT2D eigenvalue weighted by atomic mass is 15.2. The summed E-state index contributed by atoms with van der Waals surface area (Å²) in [6.45, 7) is 10.2. The second-order valence-corrected chi connectivity index (χ2v) is 5.49. The normalized spacial score (nSPS) is 19.6. The Kier molecular flexibility index (Phi) is 2.38. The lowest BCUT2D eigenvalue weighted by atomic mass is 9.90. The smallest absolute Gasteiger partial charge is 0.0408 e. The molecule has 0 spiro atoms. The molecule has 1 nitrogen and oxygen atoms in total. The Labute approximate surface area is 93.1 Å². The minimum Gasteiger partial charge on any atom is -0.293 e. The molecule has 0 atom stereocenters. The number of rotatable bonds is 1. The van der Waals surface area contributed by atoms with Gasteiger partial charge in [-0.05, 0) is 43.5 Å². The highest BCUT2D eigenvalue weighted by Gasteiger charge is 2.34. The Hall–Kier alpha value is -0.820. The van der Waals surface area contributed by atoms with Crippen molar-refractivity contribution in [2.24, 2.45) is 0 Å². The second-order valence-electron chi connectivity index (χ2n) is 5.49. The van der Waals surface area contributed by atoms with Gasteiger partial charge in [-0.1, -0.05) is 32.0 Å². The van der Waals surface area contributed by atoms with Gasteiger partial charge in [0, 0.05) is 12.1 Å². The summed E-state index contributed by atoms with van der Waals surface area (Å²) in [5.74, 6) is 0.622. The van der Waals surface area contributed by atoms with Crippen LogP contribution in [0.2, 0.25) is 0 Å². The highest BCUT2D eigenvalue weighted by Crippen LogP contribution is 2.38. The Morgan fingerprint density at radius 2 is 1.93 bits per heavy atom. The molecule has 0 saturated heterocycles. The van der Waals surface area contributed by atoms with Crippen LogP contribution in [0.25, 0.3) is 0 Å². The van der Waals surface area contributed by atoms with Crippen molar-refractivity contribution in [3.8, 4) is 0 Å². The average molecular weight is 203 g/mol. The largest absolute Gasteiger partial charge is 0.293 e. The first-order valence-corrected chi connectivity index (χ1v) is 5.77. The highest BCUT2D eigenvalue weighted by molar-refractivity contribution is 5.41. The SMILES string of the molecule is CC(C)c1ccc2c(c1)C(C)(C)N(C)C2. The van der Waals surface area contributed by atoms with Crippen LogP contribution in [0.15, 0.2) is 18.2 Å². The fraction of sp³-hybridized carbons (Fsp3) is 0.571. The topological polar surface area (TPSA) is 3.24 Å². The molecule has 1 aliphatic rings. The standard InChI is InChI=1S/C14H21N/c1-10(2)11-6-7-12-9-15(5)14(3,4)13(12)8-11/h6-8,10H,9H2,1-5H3. The van der Waals surface area contributed by atoms with E-state index >= 15 is 0 Å². The van der Waals surface area contributed by atoms with Gasteiger partial charge in [-0.25, -0.2) is 0 Å². The van der Waals surface area contributed by atoms with Crippen molar-refractivity contribution < 1.29 is 0 Å². The van der Waals surface area contributed by atoms with E-state index < -0.39 is 0 Å². The van der Waals surface area contributed by atoms with Gasteiger partial charge in [-0.15, -0.1) is 0 Å². The van der Waals surface area contributed by atoms with Crippen molar-refractivity contribution in [2.45, 2.75) is 45.7 Å². The van der Waals surface area contributed by atoms with Crippen LogP contribution in [-0.4, -0.2) is 11.9 Å². The van der Waals surface area contributed by atoms with Gasteiger partial charge >= 0.3 is 0 Å². The van der Waals surface area contributed by atoms with Crippen molar-refractivity contribution in [3.05, 3.63) is 34.9 Å². The van der Waals surface area contributed by atoms with Crippen LogP contribution in [0.5, 0.6) is 0 Å². The Balaban J connectivity index is 2.50. The molecule has 0 bridgehead atoms. The summed E-state index contributed by atoms with van der Waals surface area (Å²) in [7, 11) is 2.20. The summed E-state index contributed by atoms with van der Waals surface area (Å²) < 4.78 is 0. The van der Waals surface area contributed by atoms with Gasteiger partial charge in [0.25, 0.3) is 0 Å². The van der Waals surface area contributed by atoms with Crippen molar-refractivity contribution >= 4 is 0 Å². The molecule has 15 heavy (non-hydrogen) atoms. The third kappa shape index (κ3) is 1.59. The van der Waals surface area contributed by atoms with Gasteiger partial charge < -0.3 is 0 Å². The van der Waals surface area contributed by atoms with Crippen molar-refractivity contribution in [1.29, 1.82) is 0 Å². The van der Waals surface area contributed by atoms with E-state index in [0.29, 0.717) is 5.92 Å². The van der Waals surface area contributed by atoms with Gasteiger partial charge in [0.2, 0.25) is 0 Å². The number of benzene rings is 1. The Morgan fingerprint density at radius 3 is 2.53 bits per heavy atom. The molecule has 0 saturated carbocycles. The van der Waals surface area contributed by atoms with E-state index in [-0.39, 0.29) is 5.54 Å². The summed E-state index contributed by atoms with van der Waals surface area (Å²) in [6, 6.07) is 6.97. The minimum atomic E-state index is 0.195. The minimum absolute atomic E-state index is 0.195. The van der Waals surface area contributed by atoms with E-state index in [1.807, 2.05) is 0 Å². The molecule has 0 aliphatic carbocycles. The van der Waals surface area contributed by atoms with E-state index in [4.69, 9.17) is 0 Å². The van der Waals surface area contributed by atoms with E-state index in [9.17, 15) is 0 Å². The van der Waals surface area contributed by atoms with Crippen LogP contribution in [0.1, 0.15) is 50.3 Å². The molecule has 1 heteroatoms. The number of nitrogens with zero attached hydrogens (tertiary/aromatic N) is 1. The molecule has 1 heterocycles. The third-order valence-electron chi connectivity index (χ3n) is 3.82. The second kappa shape index (κ2) is 3.34. The molecule has 0 fully saturated rings. The van der Waals surface area contributed by atoms with Crippen LogP contribution in [0.4, 0.5) is 0 Å². The van der Waals surface area contributed by atoms with Gasteiger partial charge in [0.1, 0.15) is 0 Å². The first-order chi connectivity index (χ1) is 6.93. The van der Waals surface area contributed by atoms with Crippen LogP contribution >= 0.6 is 0 Å². The average Bonchev–Trinajstić information content (AvgIpc) is 2.38. The summed E-state index contributed by atoms with van der Waals surface area (Å²) in [5, 5.41) is 0. The maximum Gasteiger partial charge on any atom is 0.0408 e. The number of hydrogen-bond donors (Lipinski definition) is 0. The monoisotopic (exact) mass is 203 g/mol. The fourth-order valence-electron chi connectivity index (χ4n) is 2.32.